The number of aliphatic hydroxyl groups excluding tert-OH is 1. The monoisotopic (exact) mass is 233 g/mol. The SMILES string of the molecule is CCCCCCCCNOCCOCCO. The molecule has 0 fully saturated rings. The van der Waals surface area contributed by atoms with Crippen LogP contribution in [0.1, 0.15) is 45.4 Å². The summed E-state index contributed by atoms with van der Waals surface area (Å²) in [4.78, 5) is 5.15. The van der Waals surface area contributed by atoms with Crippen molar-refractivity contribution in [3.63, 3.8) is 0 Å². The molecule has 0 rings (SSSR count). The lowest BCUT2D eigenvalue weighted by atomic mass is 10.1. The first-order chi connectivity index (χ1) is 7.91. The van der Waals surface area contributed by atoms with Crippen molar-refractivity contribution >= 4 is 0 Å². The number of ether oxygens (including phenoxy) is 1. The molecule has 16 heavy (non-hydrogen) atoms. The minimum atomic E-state index is 0.0746. The van der Waals surface area contributed by atoms with Crippen molar-refractivity contribution in [2.45, 2.75) is 45.4 Å². The van der Waals surface area contributed by atoms with Gasteiger partial charge in [-0.1, -0.05) is 39.0 Å². The van der Waals surface area contributed by atoms with Crippen LogP contribution < -0.4 is 5.48 Å². The van der Waals surface area contributed by atoms with Gasteiger partial charge in [-0.25, -0.2) is 5.48 Å². The third kappa shape index (κ3) is 13.8. The summed E-state index contributed by atoms with van der Waals surface area (Å²) in [6.07, 6.45) is 7.78. The summed E-state index contributed by atoms with van der Waals surface area (Å²) >= 11 is 0. The fraction of sp³-hybridized carbons (Fsp3) is 1.00. The molecular weight excluding hydrogens is 206 g/mol. The van der Waals surface area contributed by atoms with Gasteiger partial charge in [0.2, 0.25) is 0 Å². The topological polar surface area (TPSA) is 50.7 Å². The summed E-state index contributed by atoms with van der Waals surface area (Å²) in [5, 5.41) is 8.45. The van der Waals surface area contributed by atoms with E-state index in [9.17, 15) is 0 Å². The first kappa shape index (κ1) is 15.8. The second kappa shape index (κ2) is 14.8. The van der Waals surface area contributed by atoms with Crippen LogP contribution in [-0.4, -0.2) is 38.1 Å². The molecule has 0 spiro atoms. The Kier molecular flexibility index (Phi) is 14.7. The maximum Gasteiger partial charge on any atom is 0.0916 e. The molecule has 0 amide bonds. The fourth-order valence-electron chi connectivity index (χ4n) is 1.39. The minimum Gasteiger partial charge on any atom is -0.394 e. The Labute approximate surface area is 99.3 Å². The molecule has 0 aliphatic rings. The van der Waals surface area contributed by atoms with Gasteiger partial charge in [-0.05, 0) is 6.42 Å². The van der Waals surface area contributed by atoms with Crippen molar-refractivity contribution in [2.24, 2.45) is 0 Å². The summed E-state index contributed by atoms with van der Waals surface area (Å²) in [5.74, 6) is 0. The number of hydrogen-bond donors (Lipinski definition) is 2. The van der Waals surface area contributed by atoms with Gasteiger partial charge < -0.3 is 9.84 Å². The van der Waals surface area contributed by atoms with Crippen molar-refractivity contribution in [1.82, 2.24) is 5.48 Å². The highest BCUT2D eigenvalue weighted by molar-refractivity contribution is 4.44. The molecular formula is C12H27NO3. The largest absolute Gasteiger partial charge is 0.394 e. The van der Waals surface area contributed by atoms with Crippen LogP contribution in [0.4, 0.5) is 0 Å². The molecule has 0 aliphatic heterocycles. The van der Waals surface area contributed by atoms with E-state index >= 15 is 0 Å². The molecule has 0 heterocycles. The molecule has 0 aromatic heterocycles. The van der Waals surface area contributed by atoms with E-state index in [4.69, 9.17) is 14.7 Å². The zero-order valence-electron chi connectivity index (χ0n) is 10.5. The van der Waals surface area contributed by atoms with E-state index in [1.807, 2.05) is 0 Å². The number of unbranched alkanes of at least 4 members (excludes halogenated alkanes) is 5. The molecule has 4 heteroatoms. The zero-order chi connectivity index (χ0) is 11.9. The van der Waals surface area contributed by atoms with Crippen molar-refractivity contribution in [2.75, 3.05) is 33.0 Å². The van der Waals surface area contributed by atoms with Crippen LogP contribution in [-0.2, 0) is 9.57 Å². The Morgan fingerprint density at radius 1 is 0.938 bits per heavy atom. The van der Waals surface area contributed by atoms with Crippen LogP contribution in [0, 0.1) is 0 Å². The van der Waals surface area contributed by atoms with Gasteiger partial charge in [-0.15, -0.1) is 0 Å². The summed E-state index contributed by atoms with van der Waals surface area (Å²) in [6.45, 7) is 4.67. The molecule has 2 N–H and O–H groups in total. The summed E-state index contributed by atoms with van der Waals surface area (Å²) in [7, 11) is 0. The Balaban J connectivity index is 2.83. The third-order valence-electron chi connectivity index (χ3n) is 2.30. The number of rotatable bonds is 13. The second-order valence-electron chi connectivity index (χ2n) is 3.85. The van der Waals surface area contributed by atoms with Crippen molar-refractivity contribution < 1.29 is 14.7 Å². The van der Waals surface area contributed by atoms with Crippen LogP contribution in [0.25, 0.3) is 0 Å². The van der Waals surface area contributed by atoms with Crippen molar-refractivity contribution in [3.05, 3.63) is 0 Å². The lowest BCUT2D eigenvalue weighted by Crippen LogP contribution is -2.19. The van der Waals surface area contributed by atoms with E-state index in [1.165, 1.54) is 38.5 Å². The molecule has 0 atom stereocenters. The normalized spacial score (nSPS) is 10.9. The molecule has 0 saturated carbocycles. The van der Waals surface area contributed by atoms with E-state index in [1.54, 1.807) is 0 Å². The van der Waals surface area contributed by atoms with E-state index in [0.29, 0.717) is 19.8 Å². The smallest absolute Gasteiger partial charge is 0.0916 e. The summed E-state index contributed by atoms with van der Waals surface area (Å²) in [5.41, 5.74) is 2.91. The van der Waals surface area contributed by atoms with E-state index in [2.05, 4.69) is 12.4 Å². The van der Waals surface area contributed by atoms with E-state index < -0.39 is 0 Å². The van der Waals surface area contributed by atoms with Crippen molar-refractivity contribution in [3.8, 4) is 0 Å². The number of hydrogen-bond acceptors (Lipinski definition) is 4. The van der Waals surface area contributed by atoms with Gasteiger partial charge in [0.15, 0.2) is 0 Å². The standard InChI is InChI=1S/C12H27NO3/c1-2-3-4-5-6-7-8-13-16-12-11-15-10-9-14/h13-14H,2-12H2,1H3. The van der Waals surface area contributed by atoms with Crippen LogP contribution >= 0.6 is 0 Å². The average Bonchev–Trinajstić information content (AvgIpc) is 2.31. The fourth-order valence-corrected chi connectivity index (χ4v) is 1.39. The van der Waals surface area contributed by atoms with Gasteiger partial charge in [-0.2, -0.15) is 0 Å². The highest BCUT2D eigenvalue weighted by atomic mass is 16.7. The Morgan fingerprint density at radius 3 is 2.44 bits per heavy atom. The molecule has 0 aromatic carbocycles. The first-order valence-corrected chi connectivity index (χ1v) is 6.45. The van der Waals surface area contributed by atoms with Gasteiger partial charge in [0.25, 0.3) is 0 Å². The predicted octanol–water partition coefficient (Wildman–Crippen LogP) is 1.88. The molecule has 0 radical (unpaired) electrons. The second-order valence-corrected chi connectivity index (χ2v) is 3.85. The van der Waals surface area contributed by atoms with E-state index in [0.717, 1.165) is 6.54 Å². The molecule has 0 unspecified atom stereocenters. The van der Waals surface area contributed by atoms with Gasteiger partial charge in [0.05, 0.1) is 26.4 Å². The number of nitrogens with one attached hydrogen (secondary N) is 1. The van der Waals surface area contributed by atoms with Gasteiger partial charge in [0.1, 0.15) is 0 Å². The predicted molar refractivity (Wildman–Crippen MR) is 65.2 cm³/mol. The molecule has 0 saturated heterocycles. The molecule has 98 valence electrons. The third-order valence-corrected chi connectivity index (χ3v) is 2.30. The Hall–Kier alpha value is -0.160. The summed E-state index contributed by atoms with van der Waals surface area (Å²) < 4.78 is 5.04. The minimum absolute atomic E-state index is 0.0746. The zero-order valence-corrected chi connectivity index (χ0v) is 10.5. The molecule has 0 aromatic rings. The Morgan fingerprint density at radius 2 is 1.69 bits per heavy atom. The quantitative estimate of drug-likeness (QED) is 0.377. The highest BCUT2D eigenvalue weighted by Gasteiger charge is 1.91. The van der Waals surface area contributed by atoms with Crippen LogP contribution in [0.3, 0.4) is 0 Å². The van der Waals surface area contributed by atoms with Crippen molar-refractivity contribution in [1.29, 1.82) is 0 Å². The maximum atomic E-state index is 8.45. The van der Waals surface area contributed by atoms with E-state index in [-0.39, 0.29) is 6.61 Å². The highest BCUT2D eigenvalue weighted by Crippen LogP contribution is 2.03. The van der Waals surface area contributed by atoms with Crippen LogP contribution in [0.5, 0.6) is 0 Å². The maximum absolute atomic E-state index is 8.45. The average molecular weight is 233 g/mol. The number of aliphatic hydroxyl groups is 1. The first-order valence-electron chi connectivity index (χ1n) is 6.45. The summed E-state index contributed by atoms with van der Waals surface area (Å²) in [6, 6.07) is 0. The van der Waals surface area contributed by atoms with Gasteiger partial charge in [0, 0.05) is 6.54 Å². The van der Waals surface area contributed by atoms with Crippen LogP contribution in [0.2, 0.25) is 0 Å². The molecule has 0 bridgehead atoms. The lowest BCUT2D eigenvalue weighted by Gasteiger charge is -2.06. The number of hydroxylamine groups is 1. The molecule has 4 nitrogen and oxygen atoms in total. The molecule has 0 aliphatic carbocycles. The lowest BCUT2D eigenvalue weighted by molar-refractivity contribution is -0.0112. The Bertz CT molecular complexity index is 109. The van der Waals surface area contributed by atoms with Gasteiger partial charge in [-0.3, -0.25) is 4.84 Å². The van der Waals surface area contributed by atoms with Crippen LogP contribution in [0.15, 0.2) is 0 Å². The van der Waals surface area contributed by atoms with Gasteiger partial charge >= 0.3 is 0 Å².